The molecule has 0 aromatic carbocycles. The summed E-state index contributed by atoms with van der Waals surface area (Å²) < 4.78 is 4.57. The monoisotopic (exact) mass is 240 g/mol. The van der Waals surface area contributed by atoms with Gasteiger partial charge in [-0.3, -0.25) is 4.79 Å². The van der Waals surface area contributed by atoms with E-state index in [0.29, 0.717) is 0 Å². The molecule has 0 radical (unpaired) electrons. The average Bonchev–Trinajstić information content (AvgIpc) is 2.32. The van der Waals surface area contributed by atoms with Crippen LogP contribution >= 0.6 is 0 Å². The van der Waals surface area contributed by atoms with E-state index in [4.69, 9.17) is 11.1 Å². The van der Waals surface area contributed by atoms with Crippen molar-refractivity contribution in [3.8, 4) is 0 Å². The van der Waals surface area contributed by atoms with Crippen molar-refractivity contribution in [1.29, 1.82) is 0 Å². The summed E-state index contributed by atoms with van der Waals surface area (Å²) in [7, 11) is 1.22. The Morgan fingerprint density at radius 1 is 1.29 bits per heavy atom. The molecular formula is C8H12N6O3. The standard InChI is InChI=1S/C8H12N6O3/c1-17-8(16)4-2-7(15)6(12-14-10)3-5(4)11-13-9/h4-7,15H,2-3H2,1H3/t4-,5+,6-,7-/m0/s1. The van der Waals surface area contributed by atoms with Gasteiger partial charge in [0.2, 0.25) is 0 Å². The first-order valence-corrected chi connectivity index (χ1v) is 4.98. The number of hydrogen-bond donors (Lipinski definition) is 1. The maximum Gasteiger partial charge on any atom is 0.309 e. The first kappa shape index (κ1) is 13.1. The van der Waals surface area contributed by atoms with Crippen LogP contribution in [0.1, 0.15) is 12.8 Å². The molecular weight excluding hydrogens is 228 g/mol. The van der Waals surface area contributed by atoms with E-state index in [1.54, 1.807) is 0 Å². The van der Waals surface area contributed by atoms with Crippen LogP contribution in [0.3, 0.4) is 0 Å². The zero-order valence-corrected chi connectivity index (χ0v) is 9.17. The fourth-order valence-corrected chi connectivity index (χ4v) is 1.93. The molecule has 1 saturated carbocycles. The summed E-state index contributed by atoms with van der Waals surface area (Å²) in [6, 6.07) is -1.34. The van der Waals surface area contributed by atoms with Crippen LogP contribution in [0.4, 0.5) is 0 Å². The minimum atomic E-state index is -0.930. The van der Waals surface area contributed by atoms with Gasteiger partial charge in [-0.2, -0.15) is 0 Å². The molecule has 0 heterocycles. The summed E-state index contributed by atoms with van der Waals surface area (Å²) >= 11 is 0. The molecule has 4 atom stereocenters. The van der Waals surface area contributed by atoms with Crippen LogP contribution in [0.25, 0.3) is 20.9 Å². The van der Waals surface area contributed by atoms with Crippen LogP contribution in [0, 0.1) is 5.92 Å². The quantitative estimate of drug-likeness (QED) is 0.343. The zero-order valence-electron chi connectivity index (χ0n) is 9.17. The van der Waals surface area contributed by atoms with Gasteiger partial charge in [-0.25, -0.2) is 0 Å². The van der Waals surface area contributed by atoms with Crippen LogP contribution in [-0.2, 0) is 9.53 Å². The minimum Gasteiger partial charge on any atom is -0.469 e. The first-order chi connectivity index (χ1) is 8.13. The minimum absolute atomic E-state index is 0.0556. The lowest BCUT2D eigenvalue weighted by molar-refractivity contribution is -0.148. The van der Waals surface area contributed by atoms with Gasteiger partial charge in [0.15, 0.2) is 0 Å². The van der Waals surface area contributed by atoms with Gasteiger partial charge in [0.25, 0.3) is 0 Å². The number of aliphatic hydroxyl groups excluding tert-OH is 1. The predicted octanol–water partition coefficient (Wildman–Crippen LogP) is 1.29. The smallest absolute Gasteiger partial charge is 0.309 e. The van der Waals surface area contributed by atoms with Crippen LogP contribution in [0.5, 0.6) is 0 Å². The van der Waals surface area contributed by atoms with Crippen molar-refractivity contribution in [1.82, 2.24) is 0 Å². The number of carbonyl (C=O) groups excluding carboxylic acids is 1. The van der Waals surface area contributed by atoms with Gasteiger partial charge in [0.1, 0.15) is 0 Å². The molecule has 0 bridgehead atoms. The summed E-state index contributed by atoms with van der Waals surface area (Å²) in [6.07, 6.45) is -0.741. The van der Waals surface area contributed by atoms with Crippen LogP contribution in [-0.4, -0.2) is 36.4 Å². The summed E-state index contributed by atoms with van der Waals surface area (Å²) in [6.45, 7) is 0. The molecule has 9 nitrogen and oxygen atoms in total. The number of methoxy groups -OCH3 is 1. The molecule has 17 heavy (non-hydrogen) atoms. The van der Waals surface area contributed by atoms with Crippen molar-refractivity contribution in [2.45, 2.75) is 31.0 Å². The van der Waals surface area contributed by atoms with Crippen LogP contribution in [0.15, 0.2) is 10.2 Å². The van der Waals surface area contributed by atoms with Gasteiger partial charge >= 0.3 is 5.97 Å². The lowest BCUT2D eigenvalue weighted by Gasteiger charge is -2.33. The molecule has 0 unspecified atom stereocenters. The second-order valence-electron chi connectivity index (χ2n) is 3.71. The third-order valence-electron chi connectivity index (χ3n) is 2.79. The average molecular weight is 240 g/mol. The molecule has 1 aliphatic carbocycles. The van der Waals surface area contributed by atoms with Gasteiger partial charge in [-0.15, -0.1) is 0 Å². The van der Waals surface area contributed by atoms with E-state index in [9.17, 15) is 9.90 Å². The Morgan fingerprint density at radius 2 is 1.88 bits per heavy atom. The van der Waals surface area contributed by atoms with Gasteiger partial charge < -0.3 is 9.84 Å². The van der Waals surface area contributed by atoms with E-state index in [0.717, 1.165) is 0 Å². The molecule has 0 aromatic rings. The number of azide groups is 2. The summed E-state index contributed by atoms with van der Waals surface area (Å²) in [4.78, 5) is 16.7. The lowest BCUT2D eigenvalue weighted by atomic mass is 9.80. The number of rotatable bonds is 3. The maximum absolute atomic E-state index is 11.4. The Bertz CT molecular complexity index is 387. The molecule has 0 saturated heterocycles. The highest BCUT2D eigenvalue weighted by atomic mass is 16.5. The third-order valence-corrected chi connectivity index (χ3v) is 2.79. The van der Waals surface area contributed by atoms with Crippen molar-refractivity contribution in [3.05, 3.63) is 20.9 Å². The second kappa shape index (κ2) is 5.95. The predicted molar refractivity (Wildman–Crippen MR) is 56.6 cm³/mol. The number of hydrogen-bond acceptors (Lipinski definition) is 5. The van der Waals surface area contributed by atoms with Gasteiger partial charge in [0.05, 0.1) is 31.2 Å². The molecule has 0 aromatic heterocycles. The summed E-state index contributed by atoms with van der Waals surface area (Å²) in [5.74, 6) is -1.24. The number of nitrogens with zero attached hydrogens (tertiary/aromatic N) is 6. The SMILES string of the molecule is COC(=O)[C@H]1C[C@H](O)[C@@H](N=[N+]=[N-])C[C@H]1N=[N+]=[N-]. The van der Waals surface area contributed by atoms with E-state index < -0.39 is 30.1 Å². The van der Waals surface area contributed by atoms with Crippen molar-refractivity contribution >= 4 is 5.97 Å². The lowest BCUT2D eigenvalue weighted by Crippen LogP contribution is -2.43. The highest BCUT2D eigenvalue weighted by Gasteiger charge is 2.39. The Balaban J connectivity index is 2.90. The Hall–Kier alpha value is -1.95. The van der Waals surface area contributed by atoms with Crippen molar-refractivity contribution in [3.63, 3.8) is 0 Å². The molecule has 92 valence electrons. The molecule has 1 fully saturated rings. The van der Waals surface area contributed by atoms with Crippen LogP contribution in [0.2, 0.25) is 0 Å². The molecule has 0 spiro atoms. The Labute approximate surface area is 96.6 Å². The summed E-state index contributed by atoms with van der Waals surface area (Å²) in [5.41, 5.74) is 16.7. The highest BCUT2D eigenvalue weighted by Crippen LogP contribution is 2.30. The van der Waals surface area contributed by atoms with E-state index in [1.165, 1.54) is 7.11 Å². The molecule has 1 rings (SSSR count). The summed E-state index contributed by atoms with van der Waals surface area (Å²) in [5, 5.41) is 16.6. The molecule has 1 aliphatic rings. The number of esters is 1. The van der Waals surface area contributed by atoms with Gasteiger partial charge in [-0.1, -0.05) is 10.2 Å². The van der Waals surface area contributed by atoms with Crippen molar-refractivity contribution in [2.24, 2.45) is 16.1 Å². The van der Waals surface area contributed by atoms with E-state index >= 15 is 0 Å². The molecule has 9 heteroatoms. The van der Waals surface area contributed by atoms with E-state index in [1.807, 2.05) is 0 Å². The number of ether oxygens (including phenoxy) is 1. The molecule has 0 aliphatic heterocycles. The number of carbonyl (C=O) groups is 1. The normalized spacial score (nSPS) is 31.9. The Morgan fingerprint density at radius 3 is 2.41 bits per heavy atom. The third kappa shape index (κ3) is 3.01. The Kier molecular flexibility index (Phi) is 4.59. The molecule has 1 N–H and O–H groups in total. The van der Waals surface area contributed by atoms with E-state index in [2.05, 4.69) is 24.8 Å². The highest BCUT2D eigenvalue weighted by molar-refractivity contribution is 5.73. The van der Waals surface area contributed by atoms with Crippen molar-refractivity contribution in [2.75, 3.05) is 7.11 Å². The zero-order chi connectivity index (χ0) is 12.8. The number of aliphatic hydroxyl groups is 1. The second-order valence-corrected chi connectivity index (χ2v) is 3.71. The van der Waals surface area contributed by atoms with Crippen molar-refractivity contribution < 1.29 is 14.6 Å². The maximum atomic E-state index is 11.4. The fourth-order valence-electron chi connectivity index (χ4n) is 1.93. The molecule has 0 amide bonds. The van der Waals surface area contributed by atoms with Crippen LogP contribution < -0.4 is 0 Å². The fraction of sp³-hybridized carbons (Fsp3) is 0.875. The topological polar surface area (TPSA) is 144 Å². The van der Waals surface area contributed by atoms with Gasteiger partial charge in [-0.05, 0) is 23.9 Å². The first-order valence-electron chi connectivity index (χ1n) is 4.98. The van der Waals surface area contributed by atoms with E-state index in [-0.39, 0.29) is 12.8 Å². The largest absolute Gasteiger partial charge is 0.469 e. The van der Waals surface area contributed by atoms with Gasteiger partial charge in [0, 0.05) is 9.82 Å².